The Morgan fingerprint density at radius 1 is 0.864 bits per heavy atom. The van der Waals surface area contributed by atoms with Crippen molar-refractivity contribution in [3.8, 4) is 0 Å². The van der Waals surface area contributed by atoms with Crippen LogP contribution in [0.25, 0.3) is 0 Å². The molecule has 0 N–H and O–H groups in total. The van der Waals surface area contributed by atoms with E-state index in [0.29, 0.717) is 5.56 Å². The molecule has 0 aliphatic heterocycles. The van der Waals surface area contributed by atoms with E-state index in [1.165, 1.54) is 19.1 Å². The minimum Gasteiger partial charge on any atom is -0.300 e. The van der Waals surface area contributed by atoms with Gasteiger partial charge in [-0.1, -0.05) is 60.7 Å². The zero-order valence-electron chi connectivity index (χ0n) is 11.9. The second-order valence-electron chi connectivity index (χ2n) is 4.53. The van der Waals surface area contributed by atoms with E-state index in [1.54, 1.807) is 30.3 Å². The van der Waals surface area contributed by atoms with Gasteiger partial charge >= 0.3 is 6.18 Å². The Morgan fingerprint density at radius 3 is 1.68 bits per heavy atom. The molecule has 2 rings (SSSR count). The van der Waals surface area contributed by atoms with Crippen LogP contribution in [0.1, 0.15) is 29.3 Å². The highest BCUT2D eigenvalue weighted by Gasteiger charge is 2.29. The molecule has 0 aromatic heterocycles. The van der Waals surface area contributed by atoms with Gasteiger partial charge in [-0.3, -0.25) is 9.59 Å². The van der Waals surface area contributed by atoms with Gasteiger partial charge in [0, 0.05) is 5.56 Å². The Balaban J connectivity index is 0.000000224. The number of Topliss-reactive ketones (excluding diaryl/α,β-unsaturated/α-hetero) is 2. The van der Waals surface area contributed by atoms with Crippen molar-refractivity contribution in [3.63, 3.8) is 0 Å². The lowest BCUT2D eigenvalue weighted by atomic mass is 10.1. The molecule has 0 saturated heterocycles. The van der Waals surface area contributed by atoms with Crippen molar-refractivity contribution in [2.45, 2.75) is 19.5 Å². The van der Waals surface area contributed by atoms with E-state index in [0.717, 1.165) is 12.1 Å². The maximum atomic E-state index is 11.8. The number of carbonyl (C=O) groups excluding carboxylic acids is 2. The van der Waals surface area contributed by atoms with E-state index in [9.17, 15) is 22.8 Å². The minimum absolute atomic E-state index is 0.00398. The third-order valence-corrected chi connectivity index (χ3v) is 2.61. The summed E-state index contributed by atoms with van der Waals surface area (Å²) in [6.45, 7) is 1.42. The molecule has 5 heteroatoms. The van der Waals surface area contributed by atoms with Gasteiger partial charge in [0.1, 0.15) is 5.78 Å². The summed E-state index contributed by atoms with van der Waals surface area (Å²) >= 11 is 0. The van der Waals surface area contributed by atoms with Crippen LogP contribution in [0.5, 0.6) is 0 Å². The molecule has 0 aliphatic carbocycles. The van der Waals surface area contributed by atoms with Crippen molar-refractivity contribution in [2.24, 2.45) is 0 Å². The maximum Gasteiger partial charge on any atom is 0.416 e. The molecule has 0 aliphatic rings. The highest BCUT2D eigenvalue weighted by atomic mass is 19.4. The standard InChI is InChI=1S/C10H10O2.C7H5F3/c1-8(11)7-10(12)9-5-3-2-4-6-9;8-7(9,10)6-4-2-1-3-5-6/h2-6H,7H2,1H3;1-5H. The van der Waals surface area contributed by atoms with Gasteiger partial charge in [0.15, 0.2) is 5.78 Å². The van der Waals surface area contributed by atoms with Crippen LogP contribution in [0.4, 0.5) is 13.2 Å². The van der Waals surface area contributed by atoms with Gasteiger partial charge in [-0.25, -0.2) is 0 Å². The number of ketones is 2. The summed E-state index contributed by atoms with van der Waals surface area (Å²) in [5.41, 5.74) is 0.00250. The van der Waals surface area contributed by atoms with Gasteiger partial charge in [-0.2, -0.15) is 13.2 Å². The predicted octanol–water partition coefficient (Wildman–Crippen LogP) is 4.55. The van der Waals surface area contributed by atoms with Crippen molar-refractivity contribution < 1.29 is 22.8 Å². The number of alkyl halides is 3. The smallest absolute Gasteiger partial charge is 0.300 e. The molecule has 0 unspecified atom stereocenters. The van der Waals surface area contributed by atoms with Gasteiger partial charge in [0.2, 0.25) is 0 Å². The molecule has 116 valence electrons. The Bertz CT molecular complexity index is 605. The second kappa shape index (κ2) is 8.12. The van der Waals surface area contributed by atoms with Gasteiger partial charge in [0.05, 0.1) is 12.0 Å². The van der Waals surface area contributed by atoms with Crippen LogP contribution in [-0.4, -0.2) is 11.6 Å². The molecular weight excluding hydrogens is 293 g/mol. The normalized spacial score (nSPS) is 10.4. The molecule has 0 saturated carbocycles. The van der Waals surface area contributed by atoms with Crippen LogP contribution in [0, 0.1) is 0 Å². The predicted molar refractivity (Wildman–Crippen MR) is 77.5 cm³/mol. The zero-order chi connectivity index (χ0) is 16.6. The van der Waals surface area contributed by atoms with Gasteiger partial charge in [-0.15, -0.1) is 0 Å². The summed E-state index contributed by atoms with van der Waals surface area (Å²) in [5, 5.41) is 0. The molecule has 0 radical (unpaired) electrons. The summed E-state index contributed by atoms with van der Waals surface area (Å²) in [5.74, 6) is -0.202. The van der Waals surface area contributed by atoms with E-state index >= 15 is 0 Å². The number of carbonyl (C=O) groups is 2. The first-order valence-electron chi connectivity index (χ1n) is 6.50. The third-order valence-electron chi connectivity index (χ3n) is 2.61. The molecule has 22 heavy (non-hydrogen) atoms. The highest BCUT2D eigenvalue weighted by molar-refractivity contribution is 6.07. The molecule has 0 amide bonds. The number of rotatable bonds is 3. The number of hydrogen-bond donors (Lipinski definition) is 0. The highest BCUT2D eigenvalue weighted by Crippen LogP contribution is 2.28. The van der Waals surface area contributed by atoms with Gasteiger partial charge < -0.3 is 0 Å². The fraction of sp³-hybridized carbons (Fsp3) is 0.176. The molecule has 2 aromatic rings. The Hall–Kier alpha value is -2.43. The summed E-state index contributed by atoms with van der Waals surface area (Å²) in [6.07, 6.45) is -4.20. The average molecular weight is 308 g/mol. The fourth-order valence-electron chi connectivity index (χ4n) is 1.58. The maximum absolute atomic E-state index is 11.8. The molecule has 2 nitrogen and oxygen atoms in total. The van der Waals surface area contributed by atoms with E-state index in [2.05, 4.69) is 0 Å². The zero-order valence-corrected chi connectivity index (χ0v) is 11.9. The van der Waals surface area contributed by atoms with Crippen molar-refractivity contribution in [2.75, 3.05) is 0 Å². The first-order chi connectivity index (χ1) is 10.3. The summed E-state index contributed by atoms with van der Waals surface area (Å²) in [6, 6.07) is 15.2. The van der Waals surface area contributed by atoms with Crippen LogP contribution >= 0.6 is 0 Å². The van der Waals surface area contributed by atoms with E-state index in [-0.39, 0.29) is 18.0 Å². The van der Waals surface area contributed by atoms with Crippen molar-refractivity contribution in [1.29, 1.82) is 0 Å². The van der Waals surface area contributed by atoms with Crippen molar-refractivity contribution in [1.82, 2.24) is 0 Å². The summed E-state index contributed by atoms with van der Waals surface area (Å²) < 4.78 is 35.4. The molecule has 0 atom stereocenters. The monoisotopic (exact) mass is 308 g/mol. The van der Waals surface area contributed by atoms with Crippen LogP contribution in [-0.2, 0) is 11.0 Å². The van der Waals surface area contributed by atoms with Crippen molar-refractivity contribution >= 4 is 11.6 Å². The lowest BCUT2D eigenvalue weighted by Gasteiger charge is -2.03. The SMILES string of the molecule is CC(=O)CC(=O)c1ccccc1.FC(F)(F)c1ccccc1. The van der Waals surface area contributed by atoms with Gasteiger partial charge in [0.25, 0.3) is 0 Å². The van der Waals surface area contributed by atoms with Crippen LogP contribution in [0.15, 0.2) is 60.7 Å². The molecule has 2 aromatic carbocycles. The second-order valence-corrected chi connectivity index (χ2v) is 4.53. The summed E-state index contributed by atoms with van der Waals surface area (Å²) in [4.78, 5) is 21.8. The number of hydrogen-bond acceptors (Lipinski definition) is 2. The fourth-order valence-corrected chi connectivity index (χ4v) is 1.58. The summed E-state index contributed by atoms with van der Waals surface area (Å²) in [7, 11) is 0. The topological polar surface area (TPSA) is 34.1 Å². The number of benzene rings is 2. The minimum atomic E-state index is -4.21. The van der Waals surface area contributed by atoms with Gasteiger partial charge in [-0.05, 0) is 6.92 Å². The van der Waals surface area contributed by atoms with E-state index in [1.807, 2.05) is 6.07 Å². The molecule has 0 spiro atoms. The molecule has 0 bridgehead atoms. The van der Waals surface area contributed by atoms with Crippen LogP contribution in [0.2, 0.25) is 0 Å². The molecule has 0 fully saturated rings. The average Bonchev–Trinajstić information content (AvgIpc) is 2.48. The van der Waals surface area contributed by atoms with Crippen LogP contribution < -0.4 is 0 Å². The Labute approximate surface area is 126 Å². The number of halogens is 3. The van der Waals surface area contributed by atoms with E-state index in [4.69, 9.17) is 0 Å². The molecular formula is C17H15F3O2. The third kappa shape index (κ3) is 6.35. The molecule has 0 heterocycles. The first kappa shape index (κ1) is 17.6. The van der Waals surface area contributed by atoms with Crippen LogP contribution in [0.3, 0.4) is 0 Å². The Kier molecular flexibility index (Phi) is 6.50. The quantitative estimate of drug-likeness (QED) is 0.615. The Morgan fingerprint density at radius 2 is 1.32 bits per heavy atom. The lowest BCUT2D eigenvalue weighted by Crippen LogP contribution is -2.04. The van der Waals surface area contributed by atoms with E-state index < -0.39 is 11.7 Å². The largest absolute Gasteiger partial charge is 0.416 e. The first-order valence-corrected chi connectivity index (χ1v) is 6.50. The lowest BCUT2D eigenvalue weighted by molar-refractivity contribution is -0.137. The van der Waals surface area contributed by atoms with Crippen molar-refractivity contribution in [3.05, 3.63) is 71.8 Å².